The van der Waals surface area contributed by atoms with Gasteiger partial charge < -0.3 is 14.7 Å². The van der Waals surface area contributed by atoms with E-state index in [2.05, 4.69) is 22.0 Å². The highest BCUT2D eigenvalue weighted by atomic mass is 35.5. The topological polar surface area (TPSA) is 92.3 Å². The minimum absolute atomic E-state index is 0.0499. The average molecular weight is 400 g/mol. The van der Waals surface area contributed by atoms with Crippen LogP contribution in [0.15, 0.2) is 4.52 Å². The van der Waals surface area contributed by atoms with Gasteiger partial charge in [0.05, 0.1) is 6.10 Å². The zero-order valence-electron chi connectivity index (χ0n) is 14.7. The van der Waals surface area contributed by atoms with Gasteiger partial charge in [-0.05, 0) is 25.7 Å². The van der Waals surface area contributed by atoms with Crippen LogP contribution in [0.2, 0.25) is 10.3 Å². The minimum atomic E-state index is -0.435. The molecule has 2 aromatic rings. The van der Waals surface area contributed by atoms with Gasteiger partial charge in [0.1, 0.15) is 16.1 Å². The lowest BCUT2D eigenvalue weighted by Crippen LogP contribution is -2.22. The van der Waals surface area contributed by atoms with Crippen LogP contribution in [0.4, 0.5) is 0 Å². The quantitative estimate of drug-likeness (QED) is 0.684. The molecule has 26 heavy (non-hydrogen) atoms. The highest BCUT2D eigenvalue weighted by Gasteiger charge is 2.33. The Labute approximate surface area is 162 Å². The molecule has 0 saturated carbocycles. The number of halogens is 2. The summed E-state index contributed by atoms with van der Waals surface area (Å²) in [4.78, 5) is 8.59. The van der Waals surface area contributed by atoms with Gasteiger partial charge in [0.25, 0.3) is 0 Å². The van der Waals surface area contributed by atoms with Gasteiger partial charge in [-0.15, -0.1) is 0 Å². The second-order valence-electron chi connectivity index (χ2n) is 6.66. The summed E-state index contributed by atoms with van der Waals surface area (Å²) in [5, 5.41) is 24.2. The Balaban J connectivity index is 1.93. The summed E-state index contributed by atoms with van der Waals surface area (Å²) < 4.78 is 5.60. The van der Waals surface area contributed by atoms with Crippen LogP contribution in [0.5, 0.6) is 0 Å². The smallest absolute Gasteiger partial charge is 0.184 e. The molecule has 2 atom stereocenters. The molecule has 0 bridgehead atoms. The molecular weight excluding hydrogens is 377 g/mol. The van der Waals surface area contributed by atoms with Gasteiger partial charge in [-0.1, -0.05) is 48.1 Å². The van der Waals surface area contributed by atoms with Crippen molar-refractivity contribution in [2.24, 2.45) is 0 Å². The van der Waals surface area contributed by atoms with Crippen LogP contribution < -0.4 is 0 Å². The molecule has 1 aliphatic carbocycles. The predicted molar refractivity (Wildman–Crippen MR) is 99.5 cm³/mol. The third-order valence-corrected chi connectivity index (χ3v) is 5.52. The van der Waals surface area contributed by atoms with Crippen LogP contribution in [-0.4, -0.2) is 38.0 Å². The van der Waals surface area contributed by atoms with Crippen molar-refractivity contribution in [3.8, 4) is 11.5 Å². The van der Waals surface area contributed by atoms with Crippen LogP contribution in [0, 0.1) is 0 Å². The Morgan fingerprint density at radius 1 is 1.27 bits per heavy atom. The highest BCUT2D eigenvalue weighted by molar-refractivity contribution is 6.34. The summed E-state index contributed by atoms with van der Waals surface area (Å²) >= 11 is 12.4. The number of nitrogens with zero attached hydrogens (tertiary/aromatic N) is 3. The number of unbranched alkanes of at least 4 members (excludes halogenated alkanes) is 1. The second kappa shape index (κ2) is 8.65. The molecule has 1 aliphatic rings. The average Bonchev–Trinajstić information content (AvgIpc) is 3.06. The highest BCUT2D eigenvalue weighted by Crippen LogP contribution is 2.40. The zero-order chi connectivity index (χ0) is 18.7. The monoisotopic (exact) mass is 399 g/mol. The van der Waals surface area contributed by atoms with Crippen molar-refractivity contribution in [3.63, 3.8) is 0 Å². The van der Waals surface area contributed by atoms with Gasteiger partial charge in [0, 0.05) is 30.1 Å². The van der Waals surface area contributed by atoms with Crippen molar-refractivity contribution in [3.05, 3.63) is 27.2 Å². The number of aromatic nitrogens is 3. The number of aliphatic hydroxyl groups is 2. The molecule has 8 heteroatoms. The summed E-state index contributed by atoms with van der Waals surface area (Å²) in [5.41, 5.74) is 1.98. The zero-order valence-corrected chi connectivity index (χ0v) is 16.2. The number of hydrogen-bond acceptors (Lipinski definition) is 6. The van der Waals surface area contributed by atoms with E-state index in [4.69, 9.17) is 32.8 Å². The van der Waals surface area contributed by atoms with Gasteiger partial charge in [-0.2, -0.15) is 0 Å². The Morgan fingerprint density at radius 2 is 2.00 bits per heavy atom. The normalized spacial score (nSPS) is 18.0. The molecule has 0 aromatic carbocycles. The van der Waals surface area contributed by atoms with E-state index < -0.39 is 6.10 Å². The molecule has 0 saturated heterocycles. The molecule has 2 heterocycles. The van der Waals surface area contributed by atoms with Gasteiger partial charge in [-0.3, -0.25) is 0 Å². The van der Waals surface area contributed by atoms with Crippen LogP contribution in [0.3, 0.4) is 0 Å². The van der Waals surface area contributed by atoms with Gasteiger partial charge >= 0.3 is 0 Å². The molecule has 0 spiro atoms. The first kappa shape index (κ1) is 19.5. The van der Waals surface area contributed by atoms with Crippen LogP contribution in [0.1, 0.15) is 61.8 Å². The molecule has 2 aromatic heterocycles. The van der Waals surface area contributed by atoms with E-state index in [1.165, 1.54) is 0 Å². The van der Waals surface area contributed by atoms with E-state index in [-0.39, 0.29) is 22.8 Å². The largest absolute Gasteiger partial charge is 0.396 e. The van der Waals surface area contributed by atoms with E-state index in [9.17, 15) is 5.11 Å². The maximum absolute atomic E-state index is 10.5. The lowest BCUT2D eigenvalue weighted by molar-refractivity contribution is 0.108. The number of hydrogen-bond donors (Lipinski definition) is 2. The maximum Gasteiger partial charge on any atom is 0.184 e. The molecule has 3 rings (SSSR count). The van der Waals surface area contributed by atoms with Crippen molar-refractivity contribution >= 4 is 23.2 Å². The molecule has 0 aliphatic heterocycles. The Morgan fingerprint density at radius 3 is 2.65 bits per heavy atom. The van der Waals surface area contributed by atoms with Gasteiger partial charge in [-0.25, -0.2) is 9.97 Å². The first-order valence-corrected chi connectivity index (χ1v) is 9.82. The first-order valence-electron chi connectivity index (χ1n) is 9.06. The Bertz CT molecular complexity index is 743. The molecule has 2 N–H and O–H groups in total. The molecular formula is C18H23Cl2N3O3. The lowest BCUT2D eigenvalue weighted by Gasteiger charge is -2.25. The van der Waals surface area contributed by atoms with Crippen molar-refractivity contribution in [2.45, 2.75) is 63.9 Å². The standard InChI is InChI=1S/C18H23Cl2N3O3/c1-2-3-7-13(25)10-5-4-6-11-14(23-26-15(10)11)18-21-16(19)12(8-9-24)17(20)22-18/h10,13,24-25H,2-9H2,1H3. The third kappa shape index (κ3) is 3.88. The first-order chi connectivity index (χ1) is 12.6. The second-order valence-corrected chi connectivity index (χ2v) is 7.38. The maximum atomic E-state index is 10.5. The Kier molecular flexibility index (Phi) is 6.51. The summed E-state index contributed by atoms with van der Waals surface area (Å²) in [7, 11) is 0. The summed E-state index contributed by atoms with van der Waals surface area (Å²) in [6.07, 6.45) is 5.25. The fraction of sp³-hybridized carbons (Fsp3) is 0.611. The van der Waals surface area contributed by atoms with E-state index in [0.717, 1.165) is 49.8 Å². The summed E-state index contributed by atoms with van der Waals surface area (Å²) in [5.74, 6) is 0.992. The molecule has 142 valence electrons. The molecule has 0 amide bonds. The molecule has 0 radical (unpaired) electrons. The van der Waals surface area contributed by atoms with Crippen molar-refractivity contribution < 1.29 is 14.7 Å². The van der Waals surface area contributed by atoms with E-state index in [1.54, 1.807) is 0 Å². The van der Waals surface area contributed by atoms with E-state index >= 15 is 0 Å². The minimum Gasteiger partial charge on any atom is -0.396 e. The lowest BCUT2D eigenvalue weighted by atomic mass is 9.82. The molecule has 6 nitrogen and oxygen atoms in total. The van der Waals surface area contributed by atoms with E-state index in [0.29, 0.717) is 23.5 Å². The molecule has 0 fully saturated rings. The molecule has 2 unspecified atom stereocenters. The SMILES string of the molecule is CCCCC(O)C1CCCc2c(-c3nc(Cl)c(CCO)c(Cl)n3)noc21. The summed E-state index contributed by atoms with van der Waals surface area (Å²) in [6, 6.07) is 0. The van der Waals surface area contributed by atoms with Gasteiger partial charge in [0.15, 0.2) is 11.5 Å². The predicted octanol–water partition coefficient (Wildman–Crippen LogP) is 3.94. The van der Waals surface area contributed by atoms with Crippen molar-refractivity contribution in [1.29, 1.82) is 0 Å². The van der Waals surface area contributed by atoms with E-state index in [1.807, 2.05) is 0 Å². The number of aliphatic hydroxyl groups excluding tert-OH is 2. The third-order valence-electron chi connectivity index (χ3n) is 4.89. The number of fused-ring (bicyclic) bond motifs is 1. The fourth-order valence-electron chi connectivity index (χ4n) is 3.50. The van der Waals surface area contributed by atoms with Crippen LogP contribution >= 0.6 is 23.2 Å². The van der Waals surface area contributed by atoms with Crippen molar-refractivity contribution in [2.75, 3.05) is 6.61 Å². The Hall–Kier alpha value is -1.21. The fourth-order valence-corrected chi connectivity index (χ4v) is 4.07. The van der Waals surface area contributed by atoms with Crippen LogP contribution in [-0.2, 0) is 12.8 Å². The van der Waals surface area contributed by atoms with Crippen molar-refractivity contribution in [1.82, 2.24) is 15.1 Å². The summed E-state index contributed by atoms with van der Waals surface area (Å²) in [6.45, 7) is 2.02. The van der Waals surface area contributed by atoms with Crippen LogP contribution in [0.25, 0.3) is 11.5 Å². The van der Waals surface area contributed by atoms with Gasteiger partial charge in [0.2, 0.25) is 0 Å². The number of rotatable bonds is 7.